The summed E-state index contributed by atoms with van der Waals surface area (Å²) in [7, 11) is -3.68. The van der Waals surface area contributed by atoms with E-state index in [-0.39, 0.29) is 5.41 Å². The van der Waals surface area contributed by atoms with Crippen molar-refractivity contribution >= 4 is 10.0 Å². The summed E-state index contributed by atoms with van der Waals surface area (Å²) in [6.45, 7) is 13.5. The Bertz CT molecular complexity index is 848. The van der Waals surface area contributed by atoms with Crippen molar-refractivity contribution < 1.29 is 8.42 Å². The molecule has 0 fully saturated rings. The van der Waals surface area contributed by atoms with Gasteiger partial charge in [-0.1, -0.05) is 26.8 Å². The second-order valence-corrected chi connectivity index (χ2v) is 8.97. The minimum Gasteiger partial charge on any atom is -0.263 e. The fraction of sp³-hybridized carbons (Fsp3) is 0.529. The van der Waals surface area contributed by atoms with Crippen LogP contribution in [-0.2, 0) is 15.4 Å². The normalized spacial score (nSPS) is 14.0. The van der Waals surface area contributed by atoms with E-state index in [0.29, 0.717) is 16.5 Å². The first-order valence-corrected chi connectivity index (χ1v) is 9.43. The topological polar surface area (TPSA) is 87.7 Å². The van der Waals surface area contributed by atoms with Crippen molar-refractivity contribution in [3.63, 3.8) is 0 Å². The van der Waals surface area contributed by atoms with Crippen molar-refractivity contribution in [3.05, 3.63) is 40.5 Å². The Kier molecular flexibility index (Phi) is 4.88. The first kappa shape index (κ1) is 18.6. The minimum atomic E-state index is -3.68. The van der Waals surface area contributed by atoms with Gasteiger partial charge < -0.3 is 0 Å². The summed E-state index contributed by atoms with van der Waals surface area (Å²) in [5.74, 6) is 1.08. The fourth-order valence-corrected chi connectivity index (χ4v) is 3.99. The Hall–Kier alpha value is -1.73. The van der Waals surface area contributed by atoms with Crippen LogP contribution in [0.5, 0.6) is 0 Å². The van der Waals surface area contributed by atoms with Gasteiger partial charge in [-0.3, -0.25) is 5.10 Å². The summed E-state index contributed by atoms with van der Waals surface area (Å²) in [4.78, 5) is 4.50. The van der Waals surface area contributed by atoms with Crippen molar-refractivity contribution in [1.29, 1.82) is 0 Å². The summed E-state index contributed by atoms with van der Waals surface area (Å²) >= 11 is 0. The molecule has 1 aromatic heterocycles. The number of aromatic nitrogens is 3. The molecule has 1 heterocycles. The predicted octanol–water partition coefficient (Wildman–Crippen LogP) is 3.07. The quantitative estimate of drug-likeness (QED) is 0.887. The number of hydrogen-bond donors (Lipinski definition) is 2. The summed E-state index contributed by atoms with van der Waals surface area (Å²) in [5.41, 5.74) is 2.58. The van der Waals surface area contributed by atoms with Gasteiger partial charge in [-0.2, -0.15) is 5.10 Å². The number of aromatic amines is 1. The second kappa shape index (κ2) is 6.29. The highest BCUT2D eigenvalue weighted by molar-refractivity contribution is 7.89. The Balaban J connectivity index is 2.43. The van der Waals surface area contributed by atoms with E-state index >= 15 is 0 Å². The molecule has 0 saturated heterocycles. The van der Waals surface area contributed by atoms with E-state index < -0.39 is 16.1 Å². The molecule has 2 aromatic rings. The highest BCUT2D eigenvalue weighted by atomic mass is 32.2. The van der Waals surface area contributed by atoms with Crippen LogP contribution in [0, 0.1) is 20.8 Å². The lowest BCUT2D eigenvalue weighted by Crippen LogP contribution is -2.29. The maximum Gasteiger partial charge on any atom is 0.241 e. The molecule has 0 amide bonds. The number of rotatable bonds is 4. The third-order valence-electron chi connectivity index (χ3n) is 4.11. The van der Waals surface area contributed by atoms with Gasteiger partial charge in [0.1, 0.15) is 5.82 Å². The van der Waals surface area contributed by atoms with Crippen LogP contribution < -0.4 is 4.72 Å². The maximum atomic E-state index is 12.9. The highest BCUT2D eigenvalue weighted by Crippen LogP contribution is 2.29. The van der Waals surface area contributed by atoms with Crippen LogP contribution in [0.15, 0.2) is 17.0 Å². The van der Waals surface area contributed by atoms with Gasteiger partial charge in [-0.15, -0.1) is 0 Å². The standard InChI is InChI=1S/C17H26N4O2S/c1-10-8-14(17(5,6)7)9-15(11(10)2)24(22,23)21-12(3)16-18-13(4)19-20-16/h8-9,12,21H,1-7H3,(H,18,19,20)/t12-/m0/s1. The van der Waals surface area contributed by atoms with Gasteiger partial charge in [-0.25, -0.2) is 18.1 Å². The monoisotopic (exact) mass is 350 g/mol. The molecule has 0 saturated carbocycles. The fourth-order valence-electron chi connectivity index (χ4n) is 2.44. The third-order valence-corrected chi connectivity index (χ3v) is 5.78. The lowest BCUT2D eigenvalue weighted by Gasteiger charge is -2.23. The van der Waals surface area contributed by atoms with E-state index in [9.17, 15) is 8.42 Å². The molecule has 24 heavy (non-hydrogen) atoms. The van der Waals surface area contributed by atoms with Crippen LogP contribution in [0.4, 0.5) is 0 Å². The third kappa shape index (κ3) is 3.84. The lowest BCUT2D eigenvalue weighted by molar-refractivity contribution is 0.557. The van der Waals surface area contributed by atoms with Crippen LogP contribution in [0.2, 0.25) is 0 Å². The number of H-pyrrole nitrogens is 1. The van der Waals surface area contributed by atoms with Crippen LogP contribution in [-0.4, -0.2) is 23.6 Å². The molecule has 0 unspecified atom stereocenters. The first-order valence-electron chi connectivity index (χ1n) is 7.95. The number of nitrogens with one attached hydrogen (secondary N) is 2. The van der Waals surface area contributed by atoms with E-state index in [4.69, 9.17) is 0 Å². The Morgan fingerprint density at radius 2 is 1.79 bits per heavy atom. The summed E-state index contributed by atoms with van der Waals surface area (Å²) < 4.78 is 28.5. The molecule has 1 atom stereocenters. The van der Waals surface area contributed by atoms with E-state index in [1.807, 2.05) is 13.8 Å². The van der Waals surface area contributed by atoms with Crippen molar-refractivity contribution in [3.8, 4) is 0 Å². The number of nitrogens with zero attached hydrogens (tertiary/aromatic N) is 2. The number of hydrogen-bond acceptors (Lipinski definition) is 4. The molecule has 2 rings (SSSR count). The van der Waals surface area contributed by atoms with Gasteiger partial charge in [0.15, 0.2) is 5.82 Å². The molecule has 6 nitrogen and oxygen atoms in total. The molecule has 0 radical (unpaired) electrons. The van der Waals surface area contributed by atoms with Gasteiger partial charge in [0.25, 0.3) is 0 Å². The molecule has 0 aliphatic heterocycles. The predicted molar refractivity (Wildman–Crippen MR) is 94.5 cm³/mol. The van der Waals surface area contributed by atoms with Crippen molar-refractivity contribution in [2.75, 3.05) is 0 Å². The Labute approximate surface area is 144 Å². The molecule has 0 bridgehead atoms. The summed E-state index contributed by atoms with van der Waals surface area (Å²) in [6.07, 6.45) is 0. The van der Waals surface area contributed by atoms with E-state index in [0.717, 1.165) is 16.7 Å². The molecule has 2 N–H and O–H groups in total. The number of benzene rings is 1. The lowest BCUT2D eigenvalue weighted by atomic mass is 9.85. The maximum absolute atomic E-state index is 12.9. The van der Waals surface area contributed by atoms with Gasteiger partial charge >= 0.3 is 0 Å². The van der Waals surface area contributed by atoms with E-state index in [1.54, 1.807) is 19.9 Å². The van der Waals surface area contributed by atoms with Gasteiger partial charge in [0, 0.05) is 0 Å². The largest absolute Gasteiger partial charge is 0.263 e. The molecule has 0 aliphatic carbocycles. The zero-order chi connectivity index (χ0) is 18.3. The summed E-state index contributed by atoms with van der Waals surface area (Å²) in [5, 5.41) is 6.76. The van der Waals surface area contributed by atoms with Gasteiger partial charge in [0.05, 0.1) is 10.9 Å². The molecular weight excluding hydrogens is 324 g/mol. The smallest absolute Gasteiger partial charge is 0.241 e. The van der Waals surface area contributed by atoms with Crippen LogP contribution in [0.3, 0.4) is 0 Å². The van der Waals surface area contributed by atoms with Crippen molar-refractivity contribution in [1.82, 2.24) is 19.9 Å². The minimum absolute atomic E-state index is 0.130. The molecule has 132 valence electrons. The second-order valence-electron chi connectivity index (χ2n) is 7.29. The zero-order valence-electron chi connectivity index (χ0n) is 15.4. The molecule has 7 heteroatoms. The van der Waals surface area contributed by atoms with Gasteiger partial charge in [0.2, 0.25) is 10.0 Å². The average molecular weight is 350 g/mol. The Morgan fingerprint density at radius 3 is 2.29 bits per heavy atom. The number of sulfonamides is 1. The molecule has 0 aliphatic rings. The van der Waals surface area contributed by atoms with E-state index in [1.165, 1.54) is 0 Å². The van der Waals surface area contributed by atoms with Crippen LogP contribution >= 0.6 is 0 Å². The first-order chi connectivity index (χ1) is 10.9. The Morgan fingerprint density at radius 1 is 1.17 bits per heavy atom. The average Bonchev–Trinajstić information content (AvgIpc) is 2.86. The number of aryl methyl sites for hydroxylation is 2. The molecular formula is C17H26N4O2S. The zero-order valence-corrected chi connectivity index (χ0v) is 16.2. The molecule has 0 spiro atoms. The van der Waals surface area contributed by atoms with E-state index in [2.05, 4.69) is 46.7 Å². The molecule has 1 aromatic carbocycles. The van der Waals surface area contributed by atoms with Crippen LogP contribution in [0.25, 0.3) is 0 Å². The summed E-state index contributed by atoms with van der Waals surface area (Å²) in [6, 6.07) is 3.30. The highest BCUT2D eigenvalue weighted by Gasteiger charge is 2.25. The SMILES string of the molecule is Cc1nc([C@H](C)NS(=O)(=O)c2cc(C(C)(C)C)cc(C)c2C)n[nH]1. The van der Waals surface area contributed by atoms with Crippen LogP contribution in [0.1, 0.15) is 62.1 Å². The van der Waals surface area contributed by atoms with Crippen molar-refractivity contribution in [2.45, 2.75) is 64.8 Å². The van der Waals surface area contributed by atoms with Crippen molar-refractivity contribution in [2.24, 2.45) is 0 Å². The van der Waals surface area contributed by atoms with Gasteiger partial charge in [-0.05, 0) is 55.9 Å².